The van der Waals surface area contributed by atoms with E-state index in [9.17, 15) is 4.79 Å². The molecule has 0 bridgehead atoms. The molecular weight excluding hydrogens is 186 g/mol. The van der Waals surface area contributed by atoms with Gasteiger partial charge in [0.15, 0.2) is 0 Å². The van der Waals surface area contributed by atoms with Gasteiger partial charge in [0.1, 0.15) is 0 Å². The van der Waals surface area contributed by atoms with Crippen LogP contribution >= 0.6 is 33.9 Å². The normalized spacial score (nSPS) is 4.56. The predicted octanol–water partition coefficient (Wildman–Crippen LogP) is 0.962. The first kappa shape index (κ1) is 22.8. The highest BCUT2D eigenvalue weighted by molar-refractivity contribution is 7.00. The van der Waals surface area contributed by atoms with Crippen LogP contribution in [0.2, 0.25) is 0 Å². The minimum absolute atomic E-state index is 0. The van der Waals surface area contributed by atoms with Crippen molar-refractivity contribution in [2.75, 3.05) is 6.61 Å². The lowest BCUT2D eigenvalue weighted by Crippen LogP contribution is -1.80. The smallest absolute Gasteiger partial charge is 0.293 e. The molecular formula is C3H11Cl2O3P. The maximum atomic E-state index is 9.18. The lowest BCUT2D eigenvalue weighted by atomic mass is 10.9. The van der Waals surface area contributed by atoms with E-state index in [1.54, 1.807) is 6.92 Å². The molecule has 0 radical (unpaired) electrons. The highest BCUT2D eigenvalue weighted by Crippen LogP contribution is 1.55. The van der Waals surface area contributed by atoms with Crippen LogP contribution in [0, 0.1) is 0 Å². The van der Waals surface area contributed by atoms with Gasteiger partial charge in [0.2, 0.25) is 0 Å². The average Bonchev–Trinajstić information content (AvgIpc) is 1.75. The maximum absolute atomic E-state index is 9.18. The Labute approximate surface area is 68.6 Å². The lowest BCUT2D eigenvalue weighted by molar-refractivity contribution is -0.128. The number of hydrogen-bond donors (Lipinski definition) is 0. The minimum Gasteiger partial charge on any atom is -0.468 e. The third-order valence-electron chi connectivity index (χ3n) is 0.235. The summed E-state index contributed by atoms with van der Waals surface area (Å²) >= 11 is 0. The molecule has 0 aliphatic carbocycles. The monoisotopic (exact) mass is 196 g/mol. The summed E-state index contributed by atoms with van der Waals surface area (Å²) in [5.41, 5.74) is 0. The molecule has 0 spiro atoms. The second-order valence-electron chi connectivity index (χ2n) is 0.552. The van der Waals surface area contributed by atoms with Crippen molar-refractivity contribution in [1.82, 2.24) is 0 Å². The second kappa shape index (κ2) is 40.8. The quantitative estimate of drug-likeness (QED) is 0.489. The molecule has 0 rings (SSSR count). The summed E-state index contributed by atoms with van der Waals surface area (Å²) in [7, 11) is 0.611. The highest BCUT2D eigenvalue weighted by Gasteiger charge is 1.60. The van der Waals surface area contributed by atoms with Gasteiger partial charge in [-0.05, 0) is 6.92 Å². The van der Waals surface area contributed by atoms with Gasteiger partial charge in [0.25, 0.3) is 6.47 Å². The van der Waals surface area contributed by atoms with Gasteiger partial charge in [-0.15, -0.1) is 24.8 Å². The number of hydrogen-bond acceptors (Lipinski definition) is 3. The van der Waals surface area contributed by atoms with E-state index in [4.69, 9.17) is 4.57 Å². The molecule has 0 fully saturated rings. The van der Waals surface area contributed by atoms with Crippen LogP contribution < -0.4 is 0 Å². The Hall–Kier alpha value is 0.280. The largest absolute Gasteiger partial charge is 0.468 e. The van der Waals surface area contributed by atoms with E-state index in [0.29, 0.717) is 22.2 Å². The maximum Gasteiger partial charge on any atom is 0.293 e. The summed E-state index contributed by atoms with van der Waals surface area (Å²) < 4.78 is 12.4. The van der Waals surface area contributed by atoms with E-state index in [-0.39, 0.29) is 24.8 Å². The van der Waals surface area contributed by atoms with Crippen LogP contribution in [-0.4, -0.2) is 13.1 Å². The average molecular weight is 197 g/mol. The van der Waals surface area contributed by atoms with Gasteiger partial charge < -0.3 is 9.30 Å². The number of carbonyl (C=O) groups excluding carboxylic acids is 1. The summed E-state index contributed by atoms with van der Waals surface area (Å²) in [6.07, 6.45) is 0. The molecule has 0 N–H and O–H groups in total. The van der Waals surface area contributed by atoms with Gasteiger partial charge in [0.05, 0.1) is 15.7 Å². The number of halogens is 2. The topological polar surface area (TPSA) is 43.4 Å². The number of carbonyl (C=O) groups is 1. The predicted molar refractivity (Wildman–Crippen MR) is 44.0 cm³/mol. The van der Waals surface area contributed by atoms with Gasteiger partial charge in [-0.1, -0.05) is 0 Å². The van der Waals surface area contributed by atoms with E-state index in [1.165, 1.54) is 0 Å². The summed E-state index contributed by atoms with van der Waals surface area (Å²) in [6, 6.07) is 0. The Balaban J connectivity index is -0.0000000286. The summed E-state index contributed by atoms with van der Waals surface area (Å²) in [4.78, 5) is 9.18. The Bertz CT molecular complexity index is 46.0. The Morgan fingerprint density at radius 2 is 1.78 bits per heavy atom. The zero-order chi connectivity index (χ0) is 6.12. The third kappa shape index (κ3) is 62.8. The van der Waals surface area contributed by atoms with Crippen molar-refractivity contribution in [2.45, 2.75) is 6.92 Å². The minimum atomic E-state index is 0. The van der Waals surface area contributed by atoms with Crippen LogP contribution in [0.3, 0.4) is 0 Å². The molecule has 0 saturated carbocycles. The lowest BCUT2D eigenvalue weighted by Gasteiger charge is -1.79. The first-order valence-corrected chi connectivity index (χ1v) is 2.33. The zero-order valence-corrected chi connectivity index (χ0v) is 8.08. The molecule has 0 saturated heterocycles. The molecule has 0 aliphatic heterocycles. The van der Waals surface area contributed by atoms with E-state index in [0.717, 1.165) is 0 Å². The van der Waals surface area contributed by atoms with Crippen LogP contribution in [0.4, 0.5) is 0 Å². The Kier molecular flexibility index (Phi) is 103. The molecule has 0 aliphatic rings. The molecule has 0 aromatic carbocycles. The second-order valence-corrected chi connectivity index (χ2v) is 0.552. The molecule has 0 aromatic heterocycles. The van der Waals surface area contributed by atoms with Crippen LogP contribution in [-0.2, 0) is 14.1 Å². The molecule has 3 nitrogen and oxygen atoms in total. The van der Waals surface area contributed by atoms with Gasteiger partial charge >= 0.3 is 0 Å². The highest BCUT2D eigenvalue weighted by atomic mass is 35.5. The van der Waals surface area contributed by atoms with Gasteiger partial charge in [-0.25, -0.2) is 0 Å². The van der Waals surface area contributed by atoms with E-state index in [1.807, 2.05) is 0 Å². The van der Waals surface area contributed by atoms with Gasteiger partial charge in [-0.2, -0.15) is 0 Å². The Morgan fingerprint density at radius 1 is 1.44 bits per heavy atom. The molecule has 0 heterocycles. The third-order valence-corrected chi connectivity index (χ3v) is 0.235. The molecule has 6 heteroatoms. The van der Waals surface area contributed by atoms with Crippen LogP contribution in [0.15, 0.2) is 0 Å². The molecule has 0 amide bonds. The van der Waals surface area contributed by atoms with Crippen molar-refractivity contribution in [1.29, 1.82) is 0 Å². The van der Waals surface area contributed by atoms with E-state index < -0.39 is 0 Å². The van der Waals surface area contributed by atoms with Crippen LogP contribution in [0.25, 0.3) is 0 Å². The number of rotatable bonds is 2. The number of ether oxygens (including phenoxy) is 1. The molecule has 1 atom stereocenters. The fraction of sp³-hybridized carbons (Fsp3) is 0.667. The fourth-order valence-corrected chi connectivity index (χ4v) is 0.0680. The van der Waals surface area contributed by atoms with Crippen molar-refractivity contribution in [3.8, 4) is 0 Å². The van der Waals surface area contributed by atoms with Crippen molar-refractivity contribution in [3.05, 3.63) is 0 Å². The SMILES string of the molecule is CCOC=O.Cl.Cl.O=[PH3]. The first-order chi connectivity index (χ1) is 3.41. The van der Waals surface area contributed by atoms with Crippen molar-refractivity contribution in [2.24, 2.45) is 0 Å². The zero-order valence-electron chi connectivity index (χ0n) is 5.03. The molecule has 60 valence electrons. The van der Waals surface area contributed by atoms with E-state index in [2.05, 4.69) is 4.74 Å². The summed E-state index contributed by atoms with van der Waals surface area (Å²) in [5.74, 6) is 0. The first-order valence-electron chi connectivity index (χ1n) is 1.76. The van der Waals surface area contributed by atoms with E-state index >= 15 is 0 Å². The Morgan fingerprint density at radius 3 is 1.78 bits per heavy atom. The van der Waals surface area contributed by atoms with Crippen LogP contribution in [0.1, 0.15) is 6.92 Å². The van der Waals surface area contributed by atoms with Crippen LogP contribution in [0.5, 0.6) is 0 Å². The van der Waals surface area contributed by atoms with Gasteiger partial charge in [0, 0.05) is 0 Å². The standard InChI is InChI=1S/C3H6O2.2ClH.H3OP/c1-2-5-3-4;;;1-2/h3H,2H2,1H3;2*1H;2H3. The van der Waals surface area contributed by atoms with Crippen molar-refractivity contribution >= 4 is 40.4 Å². The fourth-order valence-electron chi connectivity index (χ4n) is 0.0680. The summed E-state index contributed by atoms with van der Waals surface area (Å²) in [5, 5.41) is 0. The molecule has 9 heavy (non-hydrogen) atoms. The van der Waals surface area contributed by atoms with Crippen molar-refractivity contribution in [3.63, 3.8) is 0 Å². The molecule has 1 unspecified atom stereocenters. The van der Waals surface area contributed by atoms with Crippen molar-refractivity contribution < 1.29 is 14.1 Å². The molecule has 0 aromatic rings. The van der Waals surface area contributed by atoms with Gasteiger partial charge in [-0.3, -0.25) is 4.79 Å². The summed E-state index contributed by atoms with van der Waals surface area (Å²) in [6.45, 7) is 2.66.